The van der Waals surface area contributed by atoms with Gasteiger partial charge in [-0.3, -0.25) is 0 Å². The Bertz CT molecular complexity index is 1010. The number of phenolic OH excluding ortho intramolecular Hbond substituents is 1. The van der Waals surface area contributed by atoms with Gasteiger partial charge in [0, 0.05) is 23.0 Å². The summed E-state index contributed by atoms with van der Waals surface area (Å²) in [5, 5.41) is 13.9. The molecular formula is C26H31N3OS. The van der Waals surface area contributed by atoms with E-state index in [1.165, 1.54) is 24.3 Å². The molecule has 5 heteroatoms. The molecule has 1 unspecified atom stereocenters. The number of aromatic hydroxyl groups is 1. The first kappa shape index (κ1) is 21.7. The molecule has 162 valence electrons. The Labute approximate surface area is 189 Å². The summed E-state index contributed by atoms with van der Waals surface area (Å²) in [5.41, 5.74) is 3.78. The minimum atomic E-state index is 0.250. The number of hydrogen-bond acceptors (Lipinski definition) is 5. The first-order valence-electron chi connectivity index (χ1n) is 11.1. The predicted octanol–water partition coefficient (Wildman–Crippen LogP) is 6.13. The Morgan fingerprint density at radius 2 is 1.90 bits per heavy atom. The van der Waals surface area contributed by atoms with E-state index in [-0.39, 0.29) is 5.75 Å². The smallest absolute Gasteiger partial charge is 0.127 e. The van der Waals surface area contributed by atoms with Crippen LogP contribution in [0.3, 0.4) is 0 Å². The zero-order valence-corrected chi connectivity index (χ0v) is 19.2. The van der Waals surface area contributed by atoms with Gasteiger partial charge in [0.1, 0.15) is 11.6 Å². The van der Waals surface area contributed by atoms with E-state index in [1.54, 1.807) is 6.07 Å². The van der Waals surface area contributed by atoms with Gasteiger partial charge >= 0.3 is 0 Å². The van der Waals surface area contributed by atoms with Gasteiger partial charge in [0.15, 0.2) is 0 Å². The van der Waals surface area contributed by atoms with Crippen LogP contribution in [0.4, 0.5) is 5.82 Å². The van der Waals surface area contributed by atoms with Crippen LogP contribution in [0.15, 0.2) is 65.6 Å². The number of nitrogens with one attached hydrogen (secondary N) is 1. The normalized spacial score (nSPS) is 16.5. The number of likely N-dealkylation sites (tertiary alicyclic amines) is 1. The number of para-hydroxylation sites is 1. The molecule has 1 aliphatic rings. The second kappa shape index (κ2) is 10.2. The van der Waals surface area contributed by atoms with Crippen LogP contribution in [-0.4, -0.2) is 46.9 Å². The molecule has 0 spiro atoms. The number of nitrogens with zero attached hydrogens (tertiary/aromatic N) is 2. The largest absolute Gasteiger partial charge is 0.507 e. The van der Waals surface area contributed by atoms with Crippen molar-refractivity contribution in [2.75, 3.05) is 31.2 Å². The Morgan fingerprint density at radius 3 is 2.61 bits per heavy atom. The maximum atomic E-state index is 10.4. The molecule has 2 heterocycles. The van der Waals surface area contributed by atoms with Crippen LogP contribution in [0.25, 0.3) is 22.4 Å². The molecule has 0 saturated carbocycles. The molecule has 0 bridgehead atoms. The first-order valence-corrected chi connectivity index (χ1v) is 12.1. The third-order valence-corrected chi connectivity index (χ3v) is 6.85. The van der Waals surface area contributed by atoms with Crippen molar-refractivity contribution >= 4 is 17.6 Å². The highest BCUT2D eigenvalue weighted by Crippen LogP contribution is 2.33. The molecule has 1 fully saturated rings. The van der Waals surface area contributed by atoms with Gasteiger partial charge in [-0.15, -0.1) is 11.8 Å². The predicted molar refractivity (Wildman–Crippen MR) is 132 cm³/mol. The van der Waals surface area contributed by atoms with E-state index in [4.69, 9.17) is 4.98 Å². The average Bonchev–Trinajstić information content (AvgIpc) is 3.19. The fourth-order valence-electron chi connectivity index (χ4n) is 4.24. The van der Waals surface area contributed by atoms with E-state index < -0.39 is 0 Å². The Morgan fingerprint density at radius 1 is 1.10 bits per heavy atom. The molecule has 2 aromatic carbocycles. The lowest BCUT2D eigenvalue weighted by Crippen LogP contribution is -2.27. The molecule has 3 aromatic rings. The number of phenols is 1. The third-order valence-electron chi connectivity index (χ3n) is 5.96. The lowest BCUT2D eigenvalue weighted by molar-refractivity contribution is 0.301. The summed E-state index contributed by atoms with van der Waals surface area (Å²) in [6, 6.07) is 20.9. The Balaban J connectivity index is 1.61. The monoisotopic (exact) mass is 433 g/mol. The van der Waals surface area contributed by atoms with Crippen molar-refractivity contribution in [1.29, 1.82) is 0 Å². The van der Waals surface area contributed by atoms with Gasteiger partial charge in [0.25, 0.3) is 0 Å². The van der Waals surface area contributed by atoms with Crippen molar-refractivity contribution < 1.29 is 5.11 Å². The van der Waals surface area contributed by atoms with Crippen LogP contribution in [0.2, 0.25) is 0 Å². The minimum Gasteiger partial charge on any atom is -0.507 e. The molecule has 4 rings (SSSR count). The van der Waals surface area contributed by atoms with Crippen molar-refractivity contribution in [3.05, 3.63) is 60.7 Å². The SMILES string of the molecule is CCSc1ccc(-c2cc(NCCC3CCCN3C)nc(-c3ccccc3O)c2)cc1. The fourth-order valence-corrected chi connectivity index (χ4v) is 4.90. The number of rotatable bonds is 8. The maximum absolute atomic E-state index is 10.4. The van der Waals surface area contributed by atoms with Crippen molar-refractivity contribution in [3.63, 3.8) is 0 Å². The van der Waals surface area contributed by atoms with Crippen molar-refractivity contribution in [1.82, 2.24) is 9.88 Å². The summed E-state index contributed by atoms with van der Waals surface area (Å²) in [5.74, 6) is 2.17. The molecule has 1 aliphatic heterocycles. The van der Waals surface area contributed by atoms with Gasteiger partial charge in [-0.05, 0) is 86.1 Å². The standard InChI is InChI=1S/C26H31N3OS/c1-3-31-22-12-10-19(11-13-22)20-17-24(23-8-4-5-9-25(23)30)28-26(18-20)27-15-14-21-7-6-16-29(21)2/h4-5,8-13,17-18,21,30H,3,6-7,14-16H2,1-2H3,(H,27,28). The van der Waals surface area contributed by atoms with Crippen LogP contribution in [0.5, 0.6) is 5.75 Å². The van der Waals surface area contributed by atoms with Gasteiger partial charge in [-0.1, -0.05) is 31.2 Å². The number of thioether (sulfide) groups is 1. The summed E-state index contributed by atoms with van der Waals surface area (Å²) in [6.07, 6.45) is 3.67. The highest BCUT2D eigenvalue weighted by molar-refractivity contribution is 7.99. The molecule has 1 saturated heterocycles. The molecule has 31 heavy (non-hydrogen) atoms. The Hall–Kier alpha value is -2.50. The summed E-state index contributed by atoms with van der Waals surface area (Å²) in [6.45, 7) is 4.25. The van der Waals surface area contributed by atoms with E-state index in [2.05, 4.69) is 60.6 Å². The van der Waals surface area contributed by atoms with E-state index in [0.29, 0.717) is 6.04 Å². The van der Waals surface area contributed by atoms with Crippen LogP contribution in [0, 0.1) is 0 Å². The van der Waals surface area contributed by atoms with Gasteiger partial charge < -0.3 is 15.3 Å². The first-order chi connectivity index (χ1) is 15.1. The number of hydrogen-bond donors (Lipinski definition) is 2. The Kier molecular flexibility index (Phi) is 7.15. The zero-order valence-electron chi connectivity index (χ0n) is 18.3. The lowest BCUT2D eigenvalue weighted by Gasteiger charge is -2.19. The van der Waals surface area contributed by atoms with Crippen molar-refractivity contribution in [2.45, 2.75) is 37.1 Å². The summed E-state index contributed by atoms with van der Waals surface area (Å²) in [4.78, 5) is 8.56. The molecule has 1 aromatic heterocycles. The molecule has 0 radical (unpaired) electrons. The average molecular weight is 434 g/mol. The number of benzene rings is 2. The van der Waals surface area contributed by atoms with Gasteiger partial charge in [-0.25, -0.2) is 4.98 Å². The molecule has 4 nitrogen and oxygen atoms in total. The van der Waals surface area contributed by atoms with Gasteiger partial charge in [0.2, 0.25) is 0 Å². The lowest BCUT2D eigenvalue weighted by atomic mass is 10.0. The second-order valence-corrected chi connectivity index (χ2v) is 9.43. The summed E-state index contributed by atoms with van der Waals surface area (Å²) >= 11 is 1.85. The number of aromatic nitrogens is 1. The summed E-state index contributed by atoms with van der Waals surface area (Å²) < 4.78 is 0. The van der Waals surface area contributed by atoms with Crippen LogP contribution >= 0.6 is 11.8 Å². The van der Waals surface area contributed by atoms with Crippen LogP contribution in [-0.2, 0) is 0 Å². The number of pyridine rings is 1. The molecule has 1 atom stereocenters. The highest BCUT2D eigenvalue weighted by atomic mass is 32.2. The van der Waals surface area contributed by atoms with Crippen molar-refractivity contribution in [3.8, 4) is 28.1 Å². The number of anilines is 1. The molecule has 0 amide bonds. The fraction of sp³-hybridized carbons (Fsp3) is 0.346. The molecular weight excluding hydrogens is 402 g/mol. The maximum Gasteiger partial charge on any atom is 0.127 e. The van der Waals surface area contributed by atoms with Crippen LogP contribution < -0.4 is 5.32 Å². The third kappa shape index (κ3) is 5.41. The zero-order chi connectivity index (χ0) is 21.6. The van der Waals surface area contributed by atoms with E-state index in [1.807, 2.05) is 30.0 Å². The topological polar surface area (TPSA) is 48.4 Å². The van der Waals surface area contributed by atoms with E-state index >= 15 is 0 Å². The van der Waals surface area contributed by atoms with E-state index in [0.717, 1.165) is 46.9 Å². The van der Waals surface area contributed by atoms with Gasteiger partial charge in [0.05, 0.1) is 5.69 Å². The van der Waals surface area contributed by atoms with Crippen LogP contribution in [0.1, 0.15) is 26.2 Å². The minimum absolute atomic E-state index is 0.250. The second-order valence-electron chi connectivity index (χ2n) is 8.09. The molecule has 0 aliphatic carbocycles. The summed E-state index contributed by atoms with van der Waals surface area (Å²) in [7, 11) is 2.22. The molecule has 2 N–H and O–H groups in total. The van der Waals surface area contributed by atoms with E-state index in [9.17, 15) is 5.11 Å². The van der Waals surface area contributed by atoms with Gasteiger partial charge in [-0.2, -0.15) is 0 Å². The highest BCUT2D eigenvalue weighted by Gasteiger charge is 2.20. The quantitative estimate of drug-likeness (QED) is 0.419. The van der Waals surface area contributed by atoms with Crippen molar-refractivity contribution in [2.24, 2.45) is 0 Å².